The van der Waals surface area contributed by atoms with Crippen molar-refractivity contribution in [3.63, 3.8) is 0 Å². The molecule has 3 amide bonds. The Morgan fingerprint density at radius 2 is 1.84 bits per heavy atom. The van der Waals surface area contributed by atoms with Crippen molar-refractivity contribution in [1.82, 2.24) is 29.7 Å². The summed E-state index contributed by atoms with van der Waals surface area (Å²) in [4.78, 5) is 66.3. The van der Waals surface area contributed by atoms with Gasteiger partial charge in [-0.2, -0.15) is 13.2 Å². The van der Waals surface area contributed by atoms with Crippen LogP contribution >= 0.6 is 11.3 Å². The number of amides is 3. The maximum atomic E-state index is 13.9. The van der Waals surface area contributed by atoms with Gasteiger partial charge in [0.2, 0.25) is 5.43 Å². The highest BCUT2D eigenvalue weighted by atomic mass is 32.1. The average Bonchev–Trinajstić information content (AvgIpc) is 3.56. The Balaban J connectivity index is 1.65. The van der Waals surface area contributed by atoms with E-state index in [9.17, 15) is 32.3 Å². The standard InChI is InChI=1S/C33H36F3N7O6S/c1-6-37-30(46)41-25-12-20(28-40-24(17-50-28)33(34,35)36)22(14-38-25)18-11-21-26(44)23(29(45)48-7-2)16-43(27(21)39-13-18)19-9-8-10-42(15-19)31(47)49-32(3,4)5/h11-14,16-17,19H,6-10,15H2,1-5H3,(H2,37,38,41,46). The van der Waals surface area contributed by atoms with Gasteiger partial charge in [0.15, 0.2) is 5.69 Å². The van der Waals surface area contributed by atoms with Crippen LogP contribution in [0, 0.1) is 0 Å². The topological polar surface area (TPSA) is 158 Å². The van der Waals surface area contributed by atoms with Crippen LogP contribution in [0.5, 0.6) is 0 Å². The van der Waals surface area contributed by atoms with Gasteiger partial charge in [0.05, 0.1) is 18.0 Å². The number of halogens is 3. The first-order valence-electron chi connectivity index (χ1n) is 15.9. The van der Waals surface area contributed by atoms with Crippen LogP contribution in [-0.2, 0) is 15.7 Å². The molecule has 5 heterocycles. The molecule has 266 valence electrons. The van der Waals surface area contributed by atoms with Crippen molar-refractivity contribution in [3.05, 3.63) is 57.6 Å². The molecule has 1 aliphatic heterocycles. The fourth-order valence-electron chi connectivity index (χ4n) is 5.47. The molecule has 4 aromatic heterocycles. The summed E-state index contributed by atoms with van der Waals surface area (Å²) in [6.07, 6.45) is 0.193. The molecule has 13 nitrogen and oxygen atoms in total. The largest absolute Gasteiger partial charge is 0.462 e. The zero-order valence-corrected chi connectivity index (χ0v) is 28.8. The minimum Gasteiger partial charge on any atom is -0.462 e. The highest BCUT2D eigenvalue weighted by Crippen LogP contribution is 2.39. The van der Waals surface area contributed by atoms with Crippen LogP contribution < -0.4 is 16.1 Å². The lowest BCUT2D eigenvalue weighted by Gasteiger charge is -2.35. The van der Waals surface area contributed by atoms with E-state index in [4.69, 9.17) is 9.47 Å². The fourth-order valence-corrected chi connectivity index (χ4v) is 6.32. The lowest BCUT2D eigenvalue weighted by Crippen LogP contribution is -2.43. The lowest BCUT2D eigenvalue weighted by atomic mass is 10.0. The molecule has 1 fully saturated rings. The molecule has 1 atom stereocenters. The number of anilines is 1. The van der Waals surface area contributed by atoms with Gasteiger partial charge in [0.25, 0.3) is 0 Å². The number of carbonyl (C=O) groups is 3. The smallest absolute Gasteiger partial charge is 0.434 e. The lowest BCUT2D eigenvalue weighted by molar-refractivity contribution is -0.140. The molecule has 1 unspecified atom stereocenters. The first-order chi connectivity index (χ1) is 23.6. The number of nitrogens with zero attached hydrogens (tertiary/aromatic N) is 5. The van der Waals surface area contributed by atoms with E-state index in [0.29, 0.717) is 25.9 Å². The number of carbonyl (C=O) groups excluding carboxylic acids is 3. The van der Waals surface area contributed by atoms with E-state index >= 15 is 0 Å². The third kappa shape index (κ3) is 8.04. The van der Waals surface area contributed by atoms with Crippen molar-refractivity contribution in [2.75, 3.05) is 31.6 Å². The zero-order chi connectivity index (χ0) is 36.4. The van der Waals surface area contributed by atoms with Crippen LogP contribution in [0.4, 0.5) is 28.6 Å². The molecule has 0 spiro atoms. The number of alkyl halides is 3. The summed E-state index contributed by atoms with van der Waals surface area (Å²) < 4.78 is 53.1. The van der Waals surface area contributed by atoms with Gasteiger partial charge < -0.3 is 24.3 Å². The molecule has 1 saturated heterocycles. The highest BCUT2D eigenvalue weighted by molar-refractivity contribution is 7.13. The SMILES string of the molecule is CCNC(=O)Nc1cc(-c2nc(C(F)(F)F)cs2)c(-c2cnc3c(c2)c(=O)c(C(=O)OCC)cn3C2CCCN(C(=O)OC(C)(C)C)C2)cn1. The Morgan fingerprint density at radius 3 is 2.50 bits per heavy atom. The van der Waals surface area contributed by atoms with E-state index in [-0.39, 0.29) is 63.3 Å². The average molecular weight is 716 g/mol. The summed E-state index contributed by atoms with van der Waals surface area (Å²) in [6, 6.07) is 1.91. The number of pyridine rings is 3. The number of likely N-dealkylation sites (tertiary alicyclic amines) is 1. The van der Waals surface area contributed by atoms with E-state index in [1.54, 1.807) is 44.1 Å². The minimum absolute atomic E-state index is 0.0177. The first-order valence-corrected chi connectivity index (χ1v) is 16.8. The van der Waals surface area contributed by atoms with Crippen molar-refractivity contribution in [1.29, 1.82) is 0 Å². The van der Waals surface area contributed by atoms with Gasteiger partial charge >= 0.3 is 24.3 Å². The second kappa shape index (κ2) is 14.4. The van der Waals surface area contributed by atoms with Crippen LogP contribution in [-0.4, -0.2) is 74.4 Å². The van der Waals surface area contributed by atoms with Crippen molar-refractivity contribution in [2.45, 2.75) is 65.3 Å². The number of piperidine rings is 1. The molecule has 50 heavy (non-hydrogen) atoms. The zero-order valence-electron chi connectivity index (χ0n) is 28.0. The van der Waals surface area contributed by atoms with Crippen molar-refractivity contribution < 1.29 is 37.0 Å². The number of fused-ring (bicyclic) bond motifs is 1. The van der Waals surface area contributed by atoms with Gasteiger partial charge in [-0.3, -0.25) is 10.1 Å². The van der Waals surface area contributed by atoms with Gasteiger partial charge in [-0.05, 0) is 59.6 Å². The summed E-state index contributed by atoms with van der Waals surface area (Å²) in [6.45, 7) is 9.66. The number of esters is 1. The molecule has 1 aliphatic rings. The number of thiazole rings is 1. The molecule has 0 aliphatic carbocycles. The molecule has 4 aromatic rings. The quantitative estimate of drug-likeness (QED) is 0.204. The van der Waals surface area contributed by atoms with Crippen molar-refractivity contribution in [2.24, 2.45) is 0 Å². The number of hydrogen-bond acceptors (Lipinski definition) is 10. The Labute approximate surface area is 288 Å². The van der Waals surface area contributed by atoms with Gasteiger partial charge in [-0.15, -0.1) is 11.3 Å². The van der Waals surface area contributed by atoms with Gasteiger partial charge in [0.1, 0.15) is 27.6 Å². The molecule has 2 N–H and O–H groups in total. The minimum atomic E-state index is -4.69. The predicted octanol–water partition coefficient (Wildman–Crippen LogP) is 6.49. The maximum absolute atomic E-state index is 13.9. The number of aromatic nitrogens is 4. The van der Waals surface area contributed by atoms with Crippen molar-refractivity contribution >= 4 is 46.3 Å². The molecule has 0 saturated carbocycles. The second-order valence-electron chi connectivity index (χ2n) is 12.5. The monoisotopic (exact) mass is 715 g/mol. The summed E-state index contributed by atoms with van der Waals surface area (Å²) in [7, 11) is 0. The van der Waals surface area contributed by atoms with Crippen LogP contribution in [0.2, 0.25) is 0 Å². The molecular weight excluding hydrogens is 679 g/mol. The van der Waals surface area contributed by atoms with Crippen LogP contribution in [0.15, 0.2) is 40.9 Å². The Kier molecular flexibility index (Phi) is 10.5. The highest BCUT2D eigenvalue weighted by Gasteiger charge is 2.34. The van der Waals surface area contributed by atoms with Gasteiger partial charge in [-0.1, -0.05) is 0 Å². The van der Waals surface area contributed by atoms with Crippen LogP contribution in [0.3, 0.4) is 0 Å². The van der Waals surface area contributed by atoms with E-state index in [0.717, 1.165) is 16.7 Å². The number of urea groups is 1. The summed E-state index contributed by atoms with van der Waals surface area (Å²) in [5.41, 5.74) is -1.74. The third-order valence-electron chi connectivity index (χ3n) is 7.62. The normalized spacial score (nSPS) is 15.1. The van der Waals surface area contributed by atoms with Crippen molar-refractivity contribution in [3.8, 4) is 21.7 Å². The van der Waals surface area contributed by atoms with E-state index in [1.165, 1.54) is 30.7 Å². The molecular formula is C33H36F3N7O6S. The molecule has 0 bridgehead atoms. The summed E-state index contributed by atoms with van der Waals surface area (Å²) >= 11 is 0.745. The predicted molar refractivity (Wildman–Crippen MR) is 180 cm³/mol. The number of ether oxygens (including phenoxy) is 2. The number of rotatable bonds is 7. The Morgan fingerprint density at radius 1 is 1.08 bits per heavy atom. The molecule has 0 aromatic carbocycles. The van der Waals surface area contributed by atoms with E-state index in [2.05, 4.69) is 25.6 Å². The van der Waals surface area contributed by atoms with Gasteiger partial charge in [0, 0.05) is 60.3 Å². The summed E-state index contributed by atoms with van der Waals surface area (Å²) in [5.74, 6) is -0.796. The maximum Gasteiger partial charge on any atom is 0.434 e. The van der Waals surface area contributed by atoms with E-state index in [1.807, 2.05) is 0 Å². The molecule has 0 radical (unpaired) electrons. The second-order valence-corrected chi connectivity index (χ2v) is 13.3. The van der Waals surface area contributed by atoms with Gasteiger partial charge in [-0.25, -0.2) is 29.3 Å². The fraction of sp³-hybridized carbons (Fsp3) is 0.424. The molecule has 5 rings (SSSR count). The Bertz CT molecular complexity index is 1990. The first kappa shape index (κ1) is 36.2. The summed E-state index contributed by atoms with van der Waals surface area (Å²) in [5, 5.41) is 6.00. The van der Waals surface area contributed by atoms with Crippen LogP contribution in [0.25, 0.3) is 32.7 Å². The van der Waals surface area contributed by atoms with Crippen LogP contribution in [0.1, 0.15) is 69.6 Å². The third-order valence-corrected chi connectivity index (χ3v) is 8.50. The molecule has 17 heteroatoms. The number of hydrogen-bond donors (Lipinski definition) is 2. The van der Waals surface area contributed by atoms with E-state index < -0.39 is 41.0 Å². The number of nitrogens with one attached hydrogen (secondary N) is 2. The Hall–Kier alpha value is -5.06.